The minimum absolute atomic E-state index is 0.0456. The van der Waals surface area contributed by atoms with Crippen LogP contribution >= 0.6 is 0 Å². The number of carboxylic acid groups (broad SMARTS) is 1. The van der Waals surface area contributed by atoms with E-state index in [9.17, 15) is 17.6 Å². The highest BCUT2D eigenvalue weighted by molar-refractivity contribution is 7.92. The highest BCUT2D eigenvalue weighted by atomic mass is 32.2. The fourth-order valence-corrected chi connectivity index (χ4v) is 3.15. The molecule has 1 atom stereocenters. The molecule has 2 rings (SSSR count). The smallest absolute Gasteiger partial charge is 0.304 e. The summed E-state index contributed by atoms with van der Waals surface area (Å²) < 4.78 is 37.5. The van der Waals surface area contributed by atoms with Gasteiger partial charge in [-0.3, -0.25) is 9.10 Å². The Morgan fingerprint density at radius 2 is 2.22 bits per heavy atom. The number of nitrogens with zero attached hydrogens (tertiary/aromatic N) is 1. The van der Waals surface area contributed by atoms with E-state index in [0.717, 1.165) is 10.6 Å². The van der Waals surface area contributed by atoms with E-state index in [-0.39, 0.29) is 13.0 Å². The molecule has 1 aromatic rings. The zero-order valence-electron chi connectivity index (χ0n) is 9.63. The van der Waals surface area contributed by atoms with Gasteiger partial charge in [0.15, 0.2) is 0 Å². The highest BCUT2D eigenvalue weighted by Gasteiger charge is 2.34. The van der Waals surface area contributed by atoms with Crippen LogP contribution in [0.25, 0.3) is 0 Å². The summed E-state index contributed by atoms with van der Waals surface area (Å²) in [6.45, 7) is 0.0456. The average Bonchev–Trinajstić information content (AvgIpc) is 2.55. The summed E-state index contributed by atoms with van der Waals surface area (Å²) in [5.74, 6) is -2.05. The number of carboxylic acids is 1. The number of hydrogen-bond acceptors (Lipinski definition) is 3. The number of hydrogen-bond donors (Lipinski definition) is 1. The van der Waals surface area contributed by atoms with Gasteiger partial charge in [-0.05, 0) is 23.8 Å². The van der Waals surface area contributed by atoms with Gasteiger partial charge in [-0.15, -0.1) is 0 Å². The summed E-state index contributed by atoms with van der Waals surface area (Å²) in [6, 6.07) is 3.74. The van der Waals surface area contributed by atoms with Gasteiger partial charge in [-0.2, -0.15) is 0 Å². The molecule has 5 nitrogen and oxygen atoms in total. The van der Waals surface area contributed by atoms with E-state index >= 15 is 0 Å². The molecule has 1 aromatic carbocycles. The first-order valence-corrected chi connectivity index (χ1v) is 7.13. The van der Waals surface area contributed by atoms with Crippen molar-refractivity contribution in [1.29, 1.82) is 0 Å². The third kappa shape index (κ3) is 2.31. The van der Waals surface area contributed by atoms with Crippen molar-refractivity contribution in [2.75, 3.05) is 17.1 Å². The summed E-state index contributed by atoms with van der Waals surface area (Å²) in [4.78, 5) is 10.7. The Hall–Kier alpha value is -1.63. The maximum atomic E-state index is 13.2. The van der Waals surface area contributed by atoms with Crippen LogP contribution in [0.5, 0.6) is 0 Å². The summed E-state index contributed by atoms with van der Waals surface area (Å²) in [5.41, 5.74) is 0.799. The molecule has 18 heavy (non-hydrogen) atoms. The molecular formula is C11H12FNO4S. The Labute approximate surface area is 104 Å². The predicted octanol–water partition coefficient (Wildman–Crippen LogP) is 1.16. The molecule has 98 valence electrons. The Kier molecular flexibility index (Phi) is 3.02. The van der Waals surface area contributed by atoms with Gasteiger partial charge in [-0.1, -0.05) is 0 Å². The predicted molar refractivity (Wildman–Crippen MR) is 63.6 cm³/mol. The topological polar surface area (TPSA) is 74.7 Å². The number of halogens is 1. The third-order valence-electron chi connectivity index (χ3n) is 2.91. The lowest BCUT2D eigenvalue weighted by Gasteiger charge is -2.16. The second-order valence-corrected chi connectivity index (χ2v) is 6.20. The molecule has 0 spiro atoms. The van der Waals surface area contributed by atoms with Crippen LogP contribution in [0, 0.1) is 5.82 Å². The Balaban J connectivity index is 2.48. The van der Waals surface area contributed by atoms with Gasteiger partial charge >= 0.3 is 5.97 Å². The first kappa shape index (κ1) is 12.8. The lowest BCUT2D eigenvalue weighted by atomic mass is 9.98. The van der Waals surface area contributed by atoms with Crippen LogP contribution < -0.4 is 4.31 Å². The van der Waals surface area contributed by atoms with Crippen LogP contribution in [-0.2, 0) is 14.8 Å². The molecule has 0 bridgehead atoms. The molecule has 1 aliphatic rings. The van der Waals surface area contributed by atoms with Crippen molar-refractivity contribution in [3.63, 3.8) is 0 Å². The quantitative estimate of drug-likeness (QED) is 0.897. The zero-order valence-corrected chi connectivity index (χ0v) is 10.4. The minimum atomic E-state index is -3.48. The molecule has 1 N–H and O–H groups in total. The molecule has 1 aliphatic heterocycles. The molecule has 0 amide bonds. The normalized spacial score (nSPS) is 18.8. The molecule has 0 radical (unpaired) electrons. The van der Waals surface area contributed by atoms with Crippen LogP contribution in [0.1, 0.15) is 17.9 Å². The molecule has 0 fully saturated rings. The number of sulfonamides is 1. The third-order valence-corrected chi connectivity index (χ3v) is 4.05. The van der Waals surface area contributed by atoms with Gasteiger partial charge < -0.3 is 5.11 Å². The minimum Gasteiger partial charge on any atom is -0.481 e. The fourth-order valence-electron chi connectivity index (χ4n) is 2.18. The first-order valence-electron chi connectivity index (χ1n) is 5.28. The lowest BCUT2D eigenvalue weighted by Crippen LogP contribution is -2.29. The SMILES string of the molecule is CS(=O)(=O)N1CC(CC(=O)O)c2cc(F)ccc21. The second kappa shape index (κ2) is 4.24. The van der Waals surface area contributed by atoms with E-state index in [1.807, 2.05) is 0 Å². The summed E-state index contributed by atoms with van der Waals surface area (Å²) >= 11 is 0. The number of anilines is 1. The molecule has 1 unspecified atom stereocenters. The van der Waals surface area contributed by atoms with E-state index in [0.29, 0.717) is 11.3 Å². The monoisotopic (exact) mass is 273 g/mol. The van der Waals surface area contributed by atoms with Gasteiger partial charge in [0.2, 0.25) is 10.0 Å². The summed E-state index contributed by atoms with van der Waals surface area (Å²) in [6.07, 6.45) is 0.825. The lowest BCUT2D eigenvalue weighted by molar-refractivity contribution is -0.137. The van der Waals surface area contributed by atoms with Crippen molar-refractivity contribution >= 4 is 21.7 Å². The molecule has 0 saturated heterocycles. The molecular weight excluding hydrogens is 261 g/mol. The van der Waals surface area contributed by atoms with Crippen molar-refractivity contribution < 1.29 is 22.7 Å². The van der Waals surface area contributed by atoms with E-state index in [4.69, 9.17) is 5.11 Å². The number of rotatable bonds is 3. The zero-order chi connectivity index (χ0) is 13.5. The van der Waals surface area contributed by atoms with Crippen molar-refractivity contribution in [3.05, 3.63) is 29.6 Å². The van der Waals surface area contributed by atoms with Gasteiger partial charge in [0.05, 0.1) is 18.4 Å². The number of benzene rings is 1. The standard InChI is InChI=1S/C11H12FNO4S/c1-18(16,17)13-6-7(4-11(14)15)9-5-8(12)2-3-10(9)13/h2-3,5,7H,4,6H2,1H3,(H,14,15). The van der Waals surface area contributed by atoms with Crippen molar-refractivity contribution in [3.8, 4) is 0 Å². The molecule has 1 heterocycles. The summed E-state index contributed by atoms with van der Waals surface area (Å²) in [5, 5.41) is 8.80. The Morgan fingerprint density at radius 1 is 1.56 bits per heavy atom. The van der Waals surface area contributed by atoms with E-state index < -0.39 is 27.7 Å². The van der Waals surface area contributed by atoms with Crippen LogP contribution in [0.4, 0.5) is 10.1 Å². The molecule has 0 aliphatic carbocycles. The molecule has 0 aromatic heterocycles. The molecule has 0 saturated carbocycles. The van der Waals surface area contributed by atoms with Crippen LogP contribution in [-0.4, -0.2) is 32.3 Å². The van der Waals surface area contributed by atoms with E-state index in [1.54, 1.807) is 0 Å². The van der Waals surface area contributed by atoms with Crippen LogP contribution in [0.2, 0.25) is 0 Å². The average molecular weight is 273 g/mol. The maximum Gasteiger partial charge on any atom is 0.304 e. The van der Waals surface area contributed by atoms with Crippen molar-refractivity contribution in [2.24, 2.45) is 0 Å². The Bertz CT molecular complexity index is 599. The number of fused-ring (bicyclic) bond motifs is 1. The fraction of sp³-hybridized carbons (Fsp3) is 0.364. The van der Waals surface area contributed by atoms with Crippen molar-refractivity contribution in [1.82, 2.24) is 0 Å². The second-order valence-electron chi connectivity index (χ2n) is 4.29. The maximum absolute atomic E-state index is 13.2. The van der Waals surface area contributed by atoms with Gasteiger partial charge in [0.1, 0.15) is 5.82 Å². The first-order chi connectivity index (χ1) is 8.29. The number of carbonyl (C=O) groups is 1. The number of aliphatic carboxylic acids is 1. The van der Waals surface area contributed by atoms with Gasteiger partial charge in [-0.25, -0.2) is 12.8 Å². The van der Waals surface area contributed by atoms with E-state index in [2.05, 4.69) is 0 Å². The van der Waals surface area contributed by atoms with Crippen LogP contribution in [0.15, 0.2) is 18.2 Å². The molecule has 7 heteroatoms. The van der Waals surface area contributed by atoms with Crippen LogP contribution in [0.3, 0.4) is 0 Å². The van der Waals surface area contributed by atoms with Gasteiger partial charge in [0.25, 0.3) is 0 Å². The summed E-state index contributed by atoms with van der Waals surface area (Å²) in [7, 11) is -3.48. The van der Waals surface area contributed by atoms with E-state index in [1.165, 1.54) is 18.2 Å². The Morgan fingerprint density at radius 3 is 2.78 bits per heavy atom. The largest absolute Gasteiger partial charge is 0.481 e. The highest BCUT2D eigenvalue weighted by Crippen LogP contribution is 2.39. The van der Waals surface area contributed by atoms with Crippen molar-refractivity contribution in [2.45, 2.75) is 12.3 Å². The van der Waals surface area contributed by atoms with Gasteiger partial charge in [0, 0.05) is 12.5 Å².